The van der Waals surface area contributed by atoms with Crippen LogP contribution in [0.3, 0.4) is 0 Å². The van der Waals surface area contributed by atoms with E-state index >= 15 is 0 Å². The van der Waals surface area contributed by atoms with Gasteiger partial charge in [0.05, 0.1) is 19.3 Å². The summed E-state index contributed by atoms with van der Waals surface area (Å²) in [6.07, 6.45) is 2.77. The van der Waals surface area contributed by atoms with Gasteiger partial charge in [-0.1, -0.05) is 6.07 Å². The fraction of sp³-hybridized carbons (Fsp3) is 0.571. The maximum atomic E-state index is 6.10. The van der Waals surface area contributed by atoms with E-state index in [1.54, 1.807) is 7.11 Å². The molecule has 0 amide bonds. The van der Waals surface area contributed by atoms with Crippen LogP contribution in [0.5, 0.6) is 5.75 Å². The standard InChI is InChI=1S/C14H19NO2/c1-9-8-15-13-6-4-10-3-5-11(16-2)7-12(10)14(13)17-9/h3,5,7,9,13-15H,4,6,8H2,1-2H3. The third kappa shape index (κ3) is 1.94. The Morgan fingerprint density at radius 1 is 1.41 bits per heavy atom. The maximum Gasteiger partial charge on any atom is 0.119 e. The van der Waals surface area contributed by atoms with Gasteiger partial charge in [0.1, 0.15) is 5.75 Å². The van der Waals surface area contributed by atoms with Crippen LogP contribution in [0.1, 0.15) is 30.6 Å². The molecule has 0 spiro atoms. The van der Waals surface area contributed by atoms with Crippen LogP contribution in [0.15, 0.2) is 18.2 Å². The predicted molar refractivity (Wildman–Crippen MR) is 66.4 cm³/mol. The minimum absolute atomic E-state index is 0.192. The summed E-state index contributed by atoms with van der Waals surface area (Å²) in [5.41, 5.74) is 2.71. The van der Waals surface area contributed by atoms with Crippen molar-refractivity contribution in [1.82, 2.24) is 5.32 Å². The molecule has 2 aliphatic rings. The number of methoxy groups -OCH3 is 1. The molecule has 1 fully saturated rings. The molecule has 0 radical (unpaired) electrons. The fourth-order valence-electron chi connectivity index (χ4n) is 2.86. The Balaban J connectivity index is 1.97. The zero-order valence-electron chi connectivity index (χ0n) is 10.4. The molecule has 0 saturated carbocycles. The van der Waals surface area contributed by atoms with Crippen molar-refractivity contribution in [2.75, 3.05) is 13.7 Å². The summed E-state index contributed by atoms with van der Waals surface area (Å²) in [4.78, 5) is 0. The third-order valence-corrected chi connectivity index (χ3v) is 3.80. The van der Waals surface area contributed by atoms with Gasteiger partial charge in [0, 0.05) is 12.6 Å². The summed E-state index contributed by atoms with van der Waals surface area (Å²) >= 11 is 0. The molecule has 0 bridgehead atoms. The minimum Gasteiger partial charge on any atom is -0.497 e. The van der Waals surface area contributed by atoms with Crippen molar-refractivity contribution in [3.8, 4) is 5.75 Å². The molecule has 0 aromatic heterocycles. The lowest BCUT2D eigenvalue weighted by Crippen LogP contribution is -2.49. The van der Waals surface area contributed by atoms with E-state index in [1.165, 1.54) is 11.1 Å². The molecule has 3 nitrogen and oxygen atoms in total. The van der Waals surface area contributed by atoms with Gasteiger partial charge in [0.25, 0.3) is 0 Å². The van der Waals surface area contributed by atoms with Crippen LogP contribution < -0.4 is 10.1 Å². The van der Waals surface area contributed by atoms with Crippen molar-refractivity contribution in [2.45, 2.75) is 38.0 Å². The Kier molecular flexibility index (Phi) is 2.81. The molecule has 17 heavy (non-hydrogen) atoms. The normalized spacial score (nSPS) is 31.5. The van der Waals surface area contributed by atoms with Gasteiger partial charge < -0.3 is 14.8 Å². The second kappa shape index (κ2) is 4.31. The Morgan fingerprint density at radius 2 is 2.29 bits per heavy atom. The van der Waals surface area contributed by atoms with Crippen LogP contribution >= 0.6 is 0 Å². The van der Waals surface area contributed by atoms with Gasteiger partial charge in [-0.2, -0.15) is 0 Å². The number of fused-ring (bicyclic) bond motifs is 3. The highest BCUT2D eigenvalue weighted by molar-refractivity contribution is 5.40. The van der Waals surface area contributed by atoms with E-state index in [-0.39, 0.29) is 12.2 Å². The minimum atomic E-state index is 0.192. The molecule has 1 aliphatic heterocycles. The quantitative estimate of drug-likeness (QED) is 0.805. The first-order valence-corrected chi connectivity index (χ1v) is 6.33. The highest BCUT2D eigenvalue weighted by Crippen LogP contribution is 2.37. The Labute approximate surface area is 102 Å². The van der Waals surface area contributed by atoms with Crippen LogP contribution in [0.4, 0.5) is 0 Å². The number of hydrogen-bond acceptors (Lipinski definition) is 3. The number of nitrogens with one attached hydrogen (secondary N) is 1. The van der Waals surface area contributed by atoms with Gasteiger partial charge in [0.2, 0.25) is 0 Å². The highest BCUT2D eigenvalue weighted by atomic mass is 16.5. The molecule has 3 atom stereocenters. The number of ether oxygens (including phenoxy) is 2. The lowest BCUT2D eigenvalue weighted by molar-refractivity contribution is -0.0619. The van der Waals surface area contributed by atoms with Gasteiger partial charge >= 0.3 is 0 Å². The van der Waals surface area contributed by atoms with Crippen LogP contribution in [-0.2, 0) is 11.2 Å². The van der Waals surface area contributed by atoms with Gasteiger partial charge in [-0.15, -0.1) is 0 Å². The van der Waals surface area contributed by atoms with E-state index < -0.39 is 0 Å². The first kappa shape index (κ1) is 11.1. The summed E-state index contributed by atoms with van der Waals surface area (Å²) < 4.78 is 11.4. The van der Waals surface area contributed by atoms with Crippen molar-refractivity contribution >= 4 is 0 Å². The SMILES string of the molecule is COc1ccc2c(c1)C1OC(C)CNC1CC2. The van der Waals surface area contributed by atoms with Crippen molar-refractivity contribution < 1.29 is 9.47 Å². The molecule has 1 aromatic rings. The molecule has 1 aromatic carbocycles. The molecule has 1 saturated heterocycles. The molecule has 1 N–H and O–H groups in total. The van der Waals surface area contributed by atoms with E-state index in [0.29, 0.717) is 6.04 Å². The molecule has 3 unspecified atom stereocenters. The maximum absolute atomic E-state index is 6.10. The van der Waals surface area contributed by atoms with E-state index in [2.05, 4.69) is 24.4 Å². The van der Waals surface area contributed by atoms with Crippen LogP contribution in [0.25, 0.3) is 0 Å². The summed E-state index contributed by atoms with van der Waals surface area (Å²) in [5, 5.41) is 3.58. The summed E-state index contributed by atoms with van der Waals surface area (Å²) in [7, 11) is 1.71. The second-order valence-electron chi connectivity index (χ2n) is 4.99. The van der Waals surface area contributed by atoms with Gasteiger partial charge in [-0.25, -0.2) is 0 Å². The van der Waals surface area contributed by atoms with Gasteiger partial charge in [-0.3, -0.25) is 0 Å². The van der Waals surface area contributed by atoms with Crippen molar-refractivity contribution in [3.63, 3.8) is 0 Å². The Hall–Kier alpha value is -1.06. The average Bonchev–Trinajstić information content (AvgIpc) is 2.38. The third-order valence-electron chi connectivity index (χ3n) is 3.80. The molecular formula is C14H19NO2. The van der Waals surface area contributed by atoms with Crippen molar-refractivity contribution in [1.29, 1.82) is 0 Å². The summed E-state index contributed by atoms with van der Waals surface area (Å²) in [6.45, 7) is 3.08. The van der Waals surface area contributed by atoms with Gasteiger partial charge in [-0.05, 0) is 43.0 Å². The van der Waals surface area contributed by atoms with Crippen LogP contribution in [-0.4, -0.2) is 25.8 Å². The van der Waals surface area contributed by atoms with Crippen molar-refractivity contribution in [2.24, 2.45) is 0 Å². The number of hydrogen-bond donors (Lipinski definition) is 1. The predicted octanol–water partition coefficient (Wildman–Crippen LogP) is 2.06. The largest absolute Gasteiger partial charge is 0.497 e. The first-order valence-electron chi connectivity index (χ1n) is 6.33. The summed E-state index contributed by atoms with van der Waals surface area (Å²) in [5.74, 6) is 0.922. The Morgan fingerprint density at radius 3 is 3.12 bits per heavy atom. The molecular weight excluding hydrogens is 214 g/mol. The number of benzene rings is 1. The van der Waals surface area contributed by atoms with E-state index in [9.17, 15) is 0 Å². The zero-order chi connectivity index (χ0) is 11.8. The molecule has 3 heteroatoms. The Bertz CT molecular complexity index is 419. The van der Waals surface area contributed by atoms with E-state index in [1.807, 2.05) is 6.07 Å². The van der Waals surface area contributed by atoms with Crippen LogP contribution in [0, 0.1) is 0 Å². The molecule has 1 heterocycles. The number of rotatable bonds is 1. The summed E-state index contributed by atoms with van der Waals surface area (Å²) in [6, 6.07) is 6.81. The molecule has 1 aliphatic carbocycles. The van der Waals surface area contributed by atoms with Gasteiger partial charge in [0.15, 0.2) is 0 Å². The van der Waals surface area contributed by atoms with Crippen LogP contribution in [0.2, 0.25) is 0 Å². The van der Waals surface area contributed by atoms with Crippen molar-refractivity contribution in [3.05, 3.63) is 29.3 Å². The monoisotopic (exact) mass is 233 g/mol. The topological polar surface area (TPSA) is 30.5 Å². The fourth-order valence-corrected chi connectivity index (χ4v) is 2.86. The smallest absolute Gasteiger partial charge is 0.119 e. The van der Waals surface area contributed by atoms with E-state index in [4.69, 9.17) is 9.47 Å². The zero-order valence-corrected chi connectivity index (χ0v) is 10.4. The lowest BCUT2D eigenvalue weighted by atomic mass is 9.84. The first-order chi connectivity index (χ1) is 8.28. The van der Waals surface area contributed by atoms with E-state index in [0.717, 1.165) is 25.1 Å². The number of aryl methyl sites for hydroxylation is 1. The lowest BCUT2D eigenvalue weighted by Gasteiger charge is -2.40. The molecule has 3 rings (SSSR count). The second-order valence-corrected chi connectivity index (χ2v) is 4.99. The highest BCUT2D eigenvalue weighted by Gasteiger charge is 2.34. The number of morpholine rings is 1. The molecule has 92 valence electrons. The average molecular weight is 233 g/mol.